The van der Waals surface area contributed by atoms with Crippen LogP contribution in [0.1, 0.15) is 153 Å². The predicted molar refractivity (Wildman–Crippen MR) is 177 cm³/mol. The SMILES string of the molecule is CCCCCCN(CCCCCCC1Cc2cc(O)ccc2C2C(F)C[C@]3(C)C(O)CCC3C12)C(=O)CCC1CCCCC1. The average molecular weight is 612 g/mol. The summed E-state index contributed by atoms with van der Waals surface area (Å²) >= 11 is 0. The highest BCUT2D eigenvalue weighted by Crippen LogP contribution is 2.63. The third-order valence-corrected chi connectivity index (χ3v) is 12.7. The molecule has 3 saturated carbocycles. The Bertz CT molecular complexity index is 1060. The molecule has 7 atom stereocenters. The molecular weight excluding hydrogens is 549 g/mol. The van der Waals surface area contributed by atoms with Gasteiger partial charge in [0.2, 0.25) is 5.91 Å². The summed E-state index contributed by atoms with van der Waals surface area (Å²) in [6.07, 6.45) is 20.6. The van der Waals surface area contributed by atoms with E-state index in [1.165, 1.54) is 51.4 Å². The van der Waals surface area contributed by atoms with Gasteiger partial charge in [0.15, 0.2) is 0 Å². The van der Waals surface area contributed by atoms with Gasteiger partial charge in [-0.2, -0.15) is 0 Å². The lowest BCUT2D eigenvalue weighted by molar-refractivity contribution is -0.131. The molecule has 1 amide bonds. The number of carbonyl (C=O) groups is 1. The Labute approximate surface area is 267 Å². The van der Waals surface area contributed by atoms with E-state index in [9.17, 15) is 15.0 Å². The van der Waals surface area contributed by atoms with Crippen LogP contribution in [0, 0.1) is 29.1 Å². The lowest BCUT2D eigenvalue weighted by Crippen LogP contribution is -2.51. The van der Waals surface area contributed by atoms with Gasteiger partial charge >= 0.3 is 0 Å². The Kier molecular flexibility index (Phi) is 12.1. The maximum absolute atomic E-state index is 16.0. The second kappa shape index (κ2) is 15.8. The fraction of sp³-hybridized carbons (Fsp3) is 0.821. The summed E-state index contributed by atoms with van der Waals surface area (Å²) in [6.45, 7) is 6.19. The van der Waals surface area contributed by atoms with Crippen molar-refractivity contribution in [3.8, 4) is 5.75 Å². The van der Waals surface area contributed by atoms with Gasteiger partial charge in [0, 0.05) is 25.4 Å². The molecular formula is C39H62FNO3. The van der Waals surface area contributed by atoms with Crippen LogP contribution in [0.5, 0.6) is 5.75 Å². The second-order valence-electron chi connectivity index (χ2n) is 15.6. The van der Waals surface area contributed by atoms with E-state index in [1.807, 2.05) is 12.1 Å². The highest BCUT2D eigenvalue weighted by Gasteiger charge is 2.59. The van der Waals surface area contributed by atoms with E-state index >= 15 is 4.39 Å². The van der Waals surface area contributed by atoms with Gasteiger partial charge in [0.05, 0.1) is 6.10 Å². The van der Waals surface area contributed by atoms with E-state index in [0.29, 0.717) is 24.2 Å². The van der Waals surface area contributed by atoms with E-state index in [0.717, 1.165) is 101 Å². The molecule has 5 heteroatoms. The number of fused-ring (bicyclic) bond motifs is 5. The zero-order chi connectivity index (χ0) is 31.1. The normalized spacial score (nSPS) is 31.7. The van der Waals surface area contributed by atoms with E-state index in [4.69, 9.17) is 0 Å². The maximum atomic E-state index is 16.0. The Morgan fingerprint density at radius 1 is 0.955 bits per heavy atom. The summed E-state index contributed by atoms with van der Waals surface area (Å²) in [4.78, 5) is 15.4. The molecule has 0 aromatic heterocycles. The second-order valence-corrected chi connectivity index (χ2v) is 15.6. The number of hydrogen-bond acceptors (Lipinski definition) is 3. The summed E-state index contributed by atoms with van der Waals surface area (Å²) in [6, 6.07) is 5.58. The van der Waals surface area contributed by atoms with E-state index in [2.05, 4.69) is 18.7 Å². The van der Waals surface area contributed by atoms with Crippen LogP contribution in [-0.2, 0) is 11.2 Å². The molecule has 44 heavy (non-hydrogen) atoms. The number of alkyl halides is 1. The first-order chi connectivity index (χ1) is 21.3. The van der Waals surface area contributed by atoms with E-state index in [-0.39, 0.29) is 23.0 Å². The van der Waals surface area contributed by atoms with Crippen LogP contribution in [0.25, 0.3) is 0 Å². The number of phenols is 1. The molecule has 0 heterocycles. The lowest BCUT2D eigenvalue weighted by atomic mass is 9.51. The van der Waals surface area contributed by atoms with Crippen molar-refractivity contribution in [3.63, 3.8) is 0 Å². The van der Waals surface area contributed by atoms with Gasteiger partial charge in [-0.3, -0.25) is 4.79 Å². The number of phenolic OH excluding ortho intramolecular Hbond substituents is 1. The number of benzene rings is 1. The molecule has 4 aliphatic carbocycles. The Balaban J connectivity index is 1.14. The molecule has 0 bridgehead atoms. The number of nitrogens with zero attached hydrogens (tertiary/aromatic N) is 1. The monoisotopic (exact) mass is 611 g/mol. The lowest BCUT2D eigenvalue weighted by Gasteiger charge is -2.54. The van der Waals surface area contributed by atoms with Gasteiger partial charge in [-0.1, -0.05) is 90.5 Å². The number of unbranched alkanes of at least 4 members (excludes halogenated alkanes) is 6. The van der Waals surface area contributed by atoms with Crippen LogP contribution in [0.3, 0.4) is 0 Å². The molecule has 4 aliphatic rings. The highest BCUT2D eigenvalue weighted by atomic mass is 19.1. The number of aliphatic hydroxyl groups is 1. The fourth-order valence-electron chi connectivity index (χ4n) is 10.1. The summed E-state index contributed by atoms with van der Waals surface area (Å²) in [5, 5.41) is 21.2. The number of rotatable bonds is 15. The number of aliphatic hydroxyl groups excluding tert-OH is 1. The number of carbonyl (C=O) groups excluding carboxylic acids is 1. The van der Waals surface area contributed by atoms with Crippen LogP contribution in [0.15, 0.2) is 18.2 Å². The van der Waals surface area contributed by atoms with Gasteiger partial charge in [0.1, 0.15) is 11.9 Å². The molecule has 0 radical (unpaired) electrons. The van der Waals surface area contributed by atoms with Crippen molar-refractivity contribution in [1.82, 2.24) is 4.90 Å². The number of hydrogen-bond donors (Lipinski definition) is 2. The van der Waals surface area contributed by atoms with Gasteiger partial charge in [-0.15, -0.1) is 0 Å². The molecule has 5 rings (SSSR count). The van der Waals surface area contributed by atoms with Crippen molar-refractivity contribution >= 4 is 5.91 Å². The molecule has 0 aliphatic heterocycles. The van der Waals surface area contributed by atoms with Crippen molar-refractivity contribution in [2.45, 2.75) is 160 Å². The first-order valence-electron chi connectivity index (χ1n) is 18.7. The van der Waals surface area contributed by atoms with Crippen molar-refractivity contribution in [2.75, 3.05) is 13.1 Å². The minimum atomic E-state index is -0.945. The molecule has 6 unspecified atom stereocenters. The molecule has 0 saturated heterocycles. The molecule has 0 spiro atoms. The number of aromatic hydroxyl groups is 1. The fourth-order valence-corrected chi connectivity index (χ4v) is 10.1. The molecule has 4 nitrogen and oxygen atoms in total. The van der Waals surface area contributed by atoms with Crippen LogP contribution >= 0.6 is 0 Å². The third-order valence-electron chi connectivity index (χ3n) is 12.7. The third kappa shape index (κ3) is 7.84. The summed E-state index contributed by atoms with van der Waals surface area (Å²) < 4.78 is 16.0. The van der Waals surface area contributed by atoms with Crippen molar-refractivity contribution in [3.05, 3.63) is 29.3 Å². The maximum Gasteiger partial charge on any atom is 0.222 e. The topological polar surface area (TPSA) is 60.8 Å². The highest BCUT2D eigenvalue weighted by molar-refractivity contribution is 5.76. The van der Waals surface area contributed by atoms with Crippen LogP contribution in [0.4, 0.5) is 4.39 Å². The summed E-state index contributed by atoms with van der Waals surface area (Å²) in [5.74, 6) is 2.31. The molecule has 248 valence electrons. The van der Waals surface area contributed by atoms with Crippen molar-refractivity contribution in [1.29, 1.82) is 0 Å². The molecule has 1 aromatic rings. The smallest absolute Gasteiger partial charge is 0.222 e. The summed E-state index contributed by atoms with van der Waals surface area (Å²) in [7, 11) is 0. The quantitative estimate of drug-likeness (QED) is 0.194. The largest absolute Gasteiger partial charge is 0.508 e. The zero-order valence-corrected chi connectivity index (χ0v) is 28.0. The minimum Gasteiger partial charge on any atom is -0.508 e. The van der Waals surface area contributed by atoms with Crippen LogP contribution in [-0.4, -0.2) is 46.4 Å². The number of amides is 1. The molecule has 3 fully saturated rings. The van der Waals surface area contributed by atoms with E-state index < -0.39 is 12.3 Å². The molecule has 1 aromatic carbocycles. The zero-order valence-electron chi connectivity index (χ0n) is 28.0. The van der Waals surface area contributed by atoms with Gasteiger partial charge in [0.25, 0.3) is 0 Å². The van der Waals surface area contributed by atoms with Gasteiger partial charge in [-0.05, 0) is 104 Å². The predicted octanol–water partition coefficient (Wildman–Crippen LogP) is 9.50. The first-order valence-corrected chi connectivity index (χ1v) is 18.7. The Morgan fingerprint density at radius 3 is 2.43 bits per heavy atom. The first kappa shape index (κ1) is 33.7. The van der Waals surface area contributed by atoms with Gasteiger partial charge in [-0.25, -0.2) is 4.39 Å². The summed E-state index contributed by atoms with van der Waals surface area (Å²) in [5.41, 5.74) is 1.91. The molecule has 2 N–H and O–H groups in total. The number of halogens is 1. The van der Waals surface area contributed by atoms with Crippen molar-refractivity contribution in [2.24, 2.45) is 29.1 Å². The minimum absolute atomic E-state index is 0.117. The van der Waals surface area contributed by atoms with E-state index in [1.54, 1.807) is 6.07 Å². The van der Waals surface area contributed by atoms with Gasteiger partial charge < -0.3 is 15.1 Å². The Hall–Kier alpha value is -1.62. The van der Waals surface area contributed by atoms with Crippen LogP contribution < -0.4 is 0 Å². The Morgan fingerprint density at radius 2 is 1.68 bits per heavy atom. The van der Waals surface area contributed by atoms with Crippen LogP contribution in [0.2, 0.25) is 0 Å². The average Bonchev–Trinajstić information content (AvgIpc) is 3.31. The van der Waals surface area contributed by atoms with Crippen molar-refractivity contribution < 1.29 is 19.4 Å². The standard InChI is InChI=1S/C39H62FNO3/c1-3-4-5-12-23-41(36(44)22-17-28-14-9-8-10-15-28)24-13-7-6-11-16-29-25-30-26-31(42)18-19-32(30)38-34(40)27-39(2)33(37(29)38)20-21-35(39)43/h18-19,26,28-29,33-35,37-38,42-43H,3-17,20-25,27H2,1-2H3/t29?,33?,34?,35?,37?,38?,39-/m0/s1.